The van der Waals surface area contributed by atoms with Crippen molar-refractivity contribution < 1.29 is 9.59 Å². The number of nitrogens with zero attached hydrogens (tertiary/aromatic N) is 5. The Hall–Kier alpha value is -3.14. The molecule has 14 heteroatoms. The average Bonchev–Trinajstić information content (AvgIpc) is 3.36. The second-order valence-electron chi connectivity index (χ2n) is 10.2. The first-order chi connectivity index (χ1) is 19.5. The second-order valence-corrected chi connectivity index (χ2v) is 13.6. The SMILES string of the molecule is CC1(C)CC(=O)C2=C(C1)N(c1nnc(SCC(=O)Nc3cccnc3Cl)s1)C(N)=C(C#N)C2c1ccc(Cl)cc1Cl. The van der Waals surface area contributed by atoms with E-state index in [4.69, 9.17) is 40.5 Å². The number of nitriles is 1. The zero-order valence-corrected chi connectivity index (χ0v) is 25.6. The number of allylic oxidation sites excluding steroid dienone is 3. The van der Waals surface area contributed by atoms with Crippen LogP contribution in [0.1, 0.15) is 38.2 Å². The summed E-state index contributed by atoms with van der Waals surface area (Å²) in [6.07, 6.45) is 2.33. The molecule has 0 bridgehead atoms. The van der Waals surface area contributed by atoms with Crippen molar-refractivity contribution in [3.05, 3.63) is 80.0 Å². The monoisotopic (exact) mass is 645 g/mol. The molecular formula is C27H22Cl3N7O2S2. The summed E-state index contributed by atoms with van der Waals surface area (Å²) in [7, 11) is 0. The van der Waals surface area contributed by atoms with Gasteiger partial charge < -0.3 is 11.1 Å². The molecular weight excluding hydrogens is 625 g/mol. The molecule has 41 heavy (non-hydrogen) atoms. The first-order valence-corrected chi connectivity index (χ1v) is 15.2. The number of aromatic nitrogens is 3. The maximum absolute atomic E-state index is 13.7. The van der Waals surface area contributed by atoms with Crippen molar-refractivity contribution in [2.24, 2.45) is 11.1 Å². The van der Waals surface area contributed by atoms with Gasteiger partial charge in [-0.1, -0.05) is 77.8 Å². The Morgan fingerprint density at radius 1 is 1.27 bits per heavy atom. The number of thioether (sulfide) groups is 1. The van der Waals surface area contributed by atoms with Crippen LogP contribution in [0.2, 0.25) is 15.2 Å². The Morgan fingerprint density at radius 3 is 2.76 bits per heavy atom. The van der Waals surface area contributed by atoms with Crippen molar-refractivity contribution in [2.45, 2.75) is 36.9 Å². The van der Waals surface area contributed by atoms with Crippen molar-refractivity contribution >= 4 is 80.4 Å². The van der Waals surface area contributed by atoms with Crippen LogP contribution in [-0.4, -0.2) is 32.6 Å². The summed E-state index contributed by atoms with van der Waals surface area (Å²) in [5, 5.41) is 22.9. The van der Waals surface area contributed by atoms with Gasteiger partial charge in [-0.05, 0) is 41.7 Å². The van der Waals surface area contributed by atoms with Gasteiger partial charge in [0.1, 0.15) is 5.82 Å². The molecule has 210 valence electrons. The van der Waals surface area contributed by atoms with E-state index in [1.54, 1.807) is 35.2 Å². The molecule has 1 atom stereocenters. The van der Waals surface area contributed by atoms with Crippen molar-refractivity contribution in [1.29, 1.82) is 5.26 Å². The molecule has 0 spiro atoms. The molecule has 0 fully saturated rings. The molecule has 5 rings (SSSR count). The minimum atomic E-state index is -0.746. The first kappa shape index (κ1) is 29.4. The summed E-state index contributed by atoms with van der Waals surface area (Å²) in [6, 6.07) is 10.5. The summed E-state index contributed by atoms with van der Waals surface area (Å²) in [4.78, 5) is 31.8. The van der Waals surface area contributed by atoms with Crippen LogP contribution < -0.4 is 16.0 Å². The van der Waals surface area contributed by atoms with Crippen molar-refractivity contribution in [2.75, 3.05) is 16.0 Å². The van der Waals surface area contributed by atoms with Crippen LogP contribution in [-0.2, 0) is 9.59 Å². The Morgan fingerprint density at radius 2 is 2.05 bits per heavy atom. The predicted octanol–water partition coefficient (Wildman–Crippen LogP) is 6.56. The fourth-order valence-corrected chi connectivity index (χ4v) is 7.28. The molecule has 3 N–H and O–H groups in total. The van der Waals surface area contributed by atoms with Gasteiger partial charge >= 0.3 is 0 Å². The van der Waals surface area contributed by atoms with Gasteiger partial charge in [0.25, 0.3) is 0 Å². The second kappa shape index (κ2) is 11.6. The summed E-state index contributed by atoms with van der Waals surface area (Å²) < 4.78 is 0.505. The highest BCUT2D eigenvalue weighted by molar-refractivity contribution is 8.01. The van der Waals surface area contributed by atoms with Gasteiger partial charge in [-0.2, -0.15) is 5.26 Å². The van der Waals surface area contributed by atoms with Crippen molar-refractivity contribution in [3.63, 3.8) is 0 Å². The summed E-state index contributed by atoms with van der Waals surface area (Å²) in [5.74, 6) is -0.945. The smallest absolute Gasteiger partial charge is 0.234 e. The van der Waals surface area contributed by atoms with Crippen LogP contribution in [0.3, 0.4) is 0 Å². The quantitative estimate of drug-likeness (QED) is 0.225. The number of anilines is 2. The lowest BCUT2D eigenvalue weighted by Gasteiger charge is -2.42. The van der Waals surface area contributed by atoms with E-state index in [0.29, 0.717) is 54.9 Å². The summed E-state index contributed by atoms with van der Waals surface area (Å²) in [5.41, 5.74) is 8.57. The molecule has 1 amide bonds. The van der Waals surface area contributed by atoms with Crippen molar-refractivity contribution in [1.82, 2.24) is 15.2 Å². The minimum Gasteiger partial charge on any atom is -0.384 e. The van der Waals surface area contributed by atoms with E-state index in [-0.39, 0.29) is 39.4 Å². The highest BCUT2D eigenvalue weighted by Gasteiger charge is 2.46. The topological polar surface area (TPSA) is 138 Å². The summed E-state index contributed by atoms with van der Waals surface area (Å²) in [6.45, 7) is 4.01. The molecule has 1 aromatic carbocycles. The highest BCUT2D eigenvalue weighted by Crippen LogP contribution is 2.51. The molecule has 0 radical (unpaired) electrons. The molecule has 3 aromatic rings. The standard InChI is InChI=1S/C27H22Cl3N7O2S2/c1-27(2)9-18-22(19(38)10-27)21(14-6-5-13(28)8-16(14)29)15(11-31)24(32)37(18)25-35-36-26(41-25)40-12-20(39)34-17-4-3-7-33-23(17)30/h3-8,21H,9-10,12,32H2,1-2H3,(H,34,39). The number of pyridine rings is 1. The maximum Gasteiger partial charge on any atom is 0.234 e. The largest absolute Gasteiger partial charge is 0.384 e. The Kier molecular flexibility index (Phi) is 8.32. The number of carbonyl (C=O) groups is 2. The molecule has 1 aliphatic carbocycles. The van der Waals surface area contributed by atoms with Gasteiger partial charge in [-0.3, -0.25) is 14.5 Å². The number of halogens is 3. The van der Waals surface area contributed by atoms with Gasteiger partial charge in [0.05, 0.1) is 29.0 Å². The lowest BCUT2D eigenvalue weighted by molar-refractivity contribution is -0.118. The van der Waals surface area contributed by atoms with E-state index in [9.17, 15) is 14.9 Å². The Balaban J connectivity index is 1.49. The van der Waals surface area contributed by atoms with Crippen LogP contribution in [0.25, 0.3) is 0 Å². The summed E-state index contributed by atoms with van der Waals surface area (Å²) >= 11 is 21.1. The first-order valence-electron chi connectivity index (χ1n) is 12.3. The third kappa shape index (κ3) is 5.94. The number of ketones is 1. The van der Waals surface area contributed by atoms with Crippen LogP contribution in [0.5, 0.6) is 0 Å². The minimum absolute atomic E-state index is 0.0469. The zero-order valence-electron chi connectivity index (χ0n) is 21.7. The van der Waals surface area contributed by atoms with Crippen molar-refractivity contribution in [3.8, 4) is 6.07 Å². The van der Waals surface area contributed by atoms with Crippen LogP contribution in [0.15, 0.2) is 63.5 Å². The molecule has 1 aliphatic heterocycles. The normalized spacial score (nSPS) is 18.3. The van der Waals surface area contributed by atoms with Gasteiger partial charge in [-0.25, -0.2) is 4.98 Å². The van der Waals surface area contributed by atoms with Crippen LogP contribution in [0.4, 0.5) is 10.8 Å². The number of rotatable bonds is 6. The van der Waals surface area contributed by atoms with Gasteiger partial charge in [0.15, 0.2) is 15.3 Å². The number of hydrogen-bond donors (Lipinski definition) is 2. The number of hydrogen-bond acceptors (Lipinski definition) is 10. The van der Waals surface area contributed by atoms with E-state index in [0.717, 1.165) is 0 Å². The molecule has 0 saturated carbocycles. The number of nitrogens with one attached hydrogen (secondary N) is 1. The third-order valence-corrected chi connectivity index (χ3v) is 9.51. The zero-order chi connectivity index (χ0) is 29.5. The van der Waals surface area contributed by atoms with Crippen LogP contribution in [0, 0.1) is 16.7 Å². The predicted molar refractivity (Wildman–Crippen MR) is 162 cm³/mol. The fraction of sp³-hybridized carbons (Fsp3) is 0.259. The number of Topliss-reactive ketones (excluding diaryl/α,β-unsaturated/α-hetero) is 1. The Bertz CT molecular complexity index is 1680. The number of nitrogens with two attached hydrogens (primary N) is 1. The lowest BCUT2D eigenvalue weighted by atomic mass is 9.68. The van der Waals surface area contributed by atoms with E-state index in [2.05, 4.69) is 26.6 Å². The van der Waals surface area contributed by atoms with Gasteiger partial charge in [-0.15, -0.1) is 10.2 Å². The molecule has 0 saturated heterocycles. The van der Waals surface area contributed by atoms with Gasteiger partial charge in [0, 0.05) is 33.9 Å². The lowest BCUT2D eigenvalue weighted by Crippen LogP contribution is -2.42. The fourth-order valence-electron chi connectivity index (χ4n) is 4.92. The van der Waals surface area contributed by atoms with E-state index < -0.39 is 5.92 Å². The molecule has 3 heterocycles. The number of amides is 1. The third-order valence-electron chi connectivity index (χ3n) is 6.60. The van der Waals surface area contributed by atoms with Crippen LogP contribution >= 0.6 is 57.9 Å². The van der Waals surface area contributed by atoms with E-state index >= 15 is 0 Å². The molecule has 2 aliphatic rings. The maximum atomic E-state index is 13.7. The molecule has 1 unspecified atom stereocenters. The average molecular weight is 647 g/mol. The van der Waals surface area contributed by atoms with E-state index in [1.807, 2.05) is 13.8 Å². The van der Waals surface area contributed by atoms with Gasteiger partial charge in [0.2, 0.25) is 11.0 Å². The molecule has 9 nitrogen and oxygen atoms in total. The highest BCUT2D eigenvalue weighted by atomic mass is 35.5. The number of carbonyl (C=O) groups excluding carboxylic acids is 2. The Labute approximate surface area is 259 Å². The molecule has 2 aromatic heterocycles. The number of benzene rings is 1. The van der Waals surface area contributed by atoms with E-state index in [1.165, 1.54) is 29.3 Å².